The summed E-state index contributed by atoms with van der Waals surface area (Å²) in [5.41, 5.74) is 0.324. The van der Waals surface area contributed by atoms with Crippen molar-refractivity contribution in [3.8, 4) is 11.5 Å². The van der Waals surface area contributed by atoms with Crippen molar-refractivity contribution in [2.24, 2.45) is 11.3 Å². The average Bonchev–Trinajstić information content (AvgIpc) is 3.03. The van der Waals surface area contributed by atoms with Crippen LogP contribution in [0.25, 0.3) is 0 Å². The lowest BCUT2D eigenvalue weighted by Gasteiger charge is -2.54. The Hall–Kier alpha value is -2.91. The second kappa shape index (κ2) is 14.5. The lowest BCUT2D eigenvalue weighted by atomic mass is 9.72. The summed E-state index contributed by atoms with van der Waals surface area (Å²) in [6, 6.07) is 3.74. The number of carbonyl (C=O) groups is 1. The van der Waals surface area contributed by atoms with Gasteiger partial charge in [0.05, 0.1) is 36.3 Å². The molecule has 48 heavy (non-hydrogen) atoms. The summed E-state index contributed by atoms with van der Waals surface area (Å²) >= 11 is 0. The van der Waals surface area contributed by atoms with Crippen LogP contribution in [0.15, 0.2) is 30.7 Å². The first-order valence-electron chi connectivity index (χ1n) is 17.3. The van der Waals surface area contributed by atoms with Crippen molar-refractivity contribution in [3.63, 3.8) is 0 Å². The molecule has 3 saturated heterocycles. The Labute approximate surface area is 283 Å². The first kappa shape index (κ1) is 34.9. The molecule has 4 aliphatic rings. The molecule has 12 nitrogen and oxygen atoms in total. The van der Waals surface area contributed by atoms with Gasteiger partial charge in [-0.25, -0.2) is 27.5 Å². The fraction of sp³-hybridized carbons (Fsp3) is 0.676. The van der Waals surface area contributed by atoms with Crippen molar-refractivity contribution in [1.82, 2.24) is 24.5 Å². The minimum Gasteiger partial charge on any atom is -0.451 e. The maximum Gasteiger partial charge on any atom is 0.257 e. The topological polar surface area (TPSA) is 137 Å². The van der Waals surface area contributed by atoms with Crippen molar-refractivity contribution >= 4 is 21.7 Å². The molecule has 2 aromatic rings. The molecule has 1 saturated carbocycles. The summed E-state index contributed by atoms with van der Waals surface area (Å²) in [6.07, 6.45) is 7.92. The molecule has 2 N–H and O–H groups in total. The van der Waals surface area contributed by atoms with Crippen LogP contribution in [0.1, 0.15) is 69.7 Å². The van der Waals surface area contributed by atoms with Crippen LogP contribution in [0.3, 0.4) is 0 Å². The summed E-state index contributed by atoms with van der Waals surface area (Å²) in [6.45, 7) is 10.9. The average molecular weight is 689 g/mol. The van der Waals surface area contributed by atoms with Crippen LogP contribution < -0.4 is 14.4 Å². The van der Waals surface area contributed by atoms with E-state index in [2.05, 4.69) is 24.5 Å². The summed E-state index contributed by atoms with van der Waals surface area (Å²) < 4.78 is 53.3. The zero-order valence-corrected chi connectivity index (χ0v) is 29.0. The normalized spacial score (nSPS) is 25.8. The zero-order valence-electron chi connectivity index (χ0n) is 28.2. The lowest BCUT2D eigenvalue weighted by molar-refractivity contribution is -0.0299. The Balaban J connectivity index is 1.04. The Morgan fingerprint density at radius 3 is 2.60 bits per heavy atom. The van der Waals surface area contributed by atoms with E-state index in [1.54, 1.807) is 18.0 Å². The van der Waals surface area contributed by atoms with Gasteiger partial charge < -0.3 is 29.3 Å². The number of hydrogen-bond acceptors (Lipinski definition) is 10. The molecule has 14 heteroatoms. The van der Waals surface area contributed by atoms with Crippen LogP contribution >= 0.6 is 0 Å². The van der Waals surface area contributed by atoms with E-state index in [9.17, 15) is 22.7 Å². The van der Waals surface area contributed by atoms with Crippen molar-refractivity contribution in [1.29, 1.82) is 0 Å². The fourth-order valence-corrected chi connectivity index (χ4v) is 8.28. The number of anilines is 1. The van der Waals surface area contributed by atoms with Gasteiger partial charge in [0.2, 0.25) is 10.0 Å². The molecule has 1 aromatic carbocycles. The van der Waals surface area contributed by atoms with Gasteiger partial charge in [0.15, 0.2) is 11.6 Å². The molecule has 3 aliphatic heterocycles. The number of aliphatic hydroxyl groups is 1. The molecule has 0 bridgehead atoms. The highest BCUT2D eigenvalue weighted by Crippen LogP contribution is 2.45. The smallest absolute Gasteiger partial charge is 0.257 e. The number of nitrogens with zero attached hydrogens (tertiary/aromatic N) is 5. The second-order valence-corrected chi connectivity index (χ2v) is 16.4. The monoisotopic (exact) mass is 688 g/mol. The van der Waals surface area contributed by atoms with Gasteiger partial charge in [0.1, 0.15) is 17.9 Å². The minimum atomic E-state index is -3.23. The molecule has 264 valence electrons. The van der Waals surface area contributed by atoms with E-state index in [-0.39, 0.29) is 58.6 Å². The second-order valence-electron chi connectivity index (χ2n) is 14.4. The molecule has 1 spiro atoms. The molecule has 0 unspecified atom stereocenters. The molecule has 1 aromatic heterocycles. The van der Waals surface area contributed by atoms with Gasteiger partial charge in [0, 0.05) is 43.7 Å². The van der Waals surface area contributed by atoms with Gasteiger partial charge >= 0.3 is 0 Å². The number of nitrogens with one attached hydrogen (secondary N) is 1. The molecule has 4 fully saturated rings. The number of halogens is 1. The van der Waals surface area contributed by atoms with E-state index < -0.39 is 15.8 Å². The fourth-order valence-electron chi connectivity index (χ4n) is 7.41. The number of hydrogen-bond donors (Lipinski definition) is 2. The molecule has 1 amide bonds. The number of rotatable bonds is 12. The lowest BCUT2D eigenvalue weighted by Crippen LogP contribution is -2.61. The van der Waals surface area contributed by atoms with Crippen LogP contribution in [0.2, 0.25) is 0 Å². The predicted octanol–water partition coefficient (Wildman–Crippen LogP) is 3.42. The summed E-state index contributed by atoms with van der Waals surface area (Å²) in [5, 5.41) is 9.75. The van der Waals surface area contributed by atoms with Gasteiger partial charge in [-0.3, -0.25) is 4.79 Å². The Kier molecular flexibility index (Phi) is 10.6. The first-order valence-corrected chi connectivity index (χ1v) is 18.9. The highest BCUT2D eigenvalue weighted by atomic mass is 32.2. The van der Waals surface area contributed by atoms with E-state index in [1.807, 2.05) is 13.8 Å². The highest BCUT2D eigenvalue weighted by Gasteiger charge is 2.46. The molecule has 4 heterocycles. The van der Waals surface area contributed by atoms with E-state index in [0.717, 1.165) is 58.4 Å². The summed E-state index contributed by atoms with van der Waals surface area (Å²) in [5.74, 6) is 0.771. The van der Waals surface area contributed by atoms with E-state index in [4.69, 9.17) is 9.47 Å². The van der Waals surface area contributed by atoms with Crippen molar-refractivity contribution in [2.75, 3.05) is 56.5 Å². The summed E-state index contributed by atoms with van der Waals surface area (Å²) in [7, 11) is -3.23. The molecule has 1 aliphatic carbocycles. The van der Waals surface area contributed by atoms with Crippen molar-refractivity contribution in [2.45, 2.75) is 83.6 Å². The Morgan fingerprint density at radius 1 is 1.21 bits per heavy atom. The first-order chi connectivity index (χ1) is 22.9. The maximum atomic E-state index is 14.5. The van der Waals surface area contributed by atoms with Crippen LogP contribution in [0.5, 0.6) is 11.5 Å². The standard InChI is InChI=1S/C34H49FN6O6S/c1-4-48(44,45)38-26-6-7-28(46-19-26)18-39-11-9-34(10-12-39)20-40(21-34)32-31(16-36-22-37-32)47-30-8-5-25(35)15-29(30)33(43)41(23(2)3)17-24-13-27(42)14-24/h5,8,15-16,22-24,26-28,38,42H,4,6-7,9-14,17-21H2,1-3H3/t24?,26-,27?,28+/m1/s1. The van der Waals surface area contributed by atoms with Crippen LogP contribution in [0, 0.1) is 17.2 Å². The van der Waals surface area contributed by atoms with Crippen LogP contribution in [0.4, 0.5) is 10.2 Å². The number of carbonyl (C=O) groups excluding carboxylic acids is 1. The van der Waals surface area contributed by atoms with E-state index in [0.29, 0.717) is 37.6 Å². The third kappa shape index (κ3) is 8.10. The third-order valence-electron chi connectivity index (χ3n) is 10.4. The third-order valence-corrected chi connectivity index (χ3v) is 11.9. The molecule has 0 radical (unpaired) electrons. The minimum absolute atomic E-state index is 0.0762. The van der Waals surface area contributed by atoms with Crippen molar-refractivity contribution in [3.05, 3.63) is 42.1 Å². The number of piperidine rings is 1. The van der Waals surface area contributed by atoms with Gasteiger partial charge in [-0.2, -0.15) is 0 Å². The number of aliphatic hydroxyl groups excluding tert-OH is 1. The van der Waals surface area contributed by atoms with Crippen LogP contribution in [-0.4, -0.2) is 115 Å². The van der Waals surface area contributed by atoms with E-state index in [1.165, 1.54) is 24.5 Å². The quantitative estimate of drug-likeness (QED) is 0.341. The molecule has 2 atom stereocenters. The maximum absolute atomic E-state index is 14.5. The molecular weight excluding hydrogens is 639 g/mol. The Morgan fingerprint density at radius 2 is 1.96 bits per heavy atom. The zero-order chi connectivity index (χ0) is 34.1. The van der Waals surface area contributed by atoms with Crippen molar-refractivity contribution < 1.29 is 32.2 Å². The highest BCUT2D eigenvalue weighted by molar-refractivity contribution is 7.89. The van der Waals surface area contributed by atoms with Gasteiger partial charge in [-0.1, -0.05) is 0 Å². The SMILES string of the molecule is CCS(=O)(=O)N[C@@H]1CC[C@@H](CN2CCC3(CC2)CN(c2ncncc2Oc2ccc(F)cc2C(=O)N(CC2CC(O)C2)C(C)C)C3)OC1. The number of likely N-dealkylation sites (tertiary alicyclic amines) is 1. The number of ether oxygens (including phenoxy) is 2. The number of amides is 1. The van der Waals surface area contributed by atoms with Gasteiger partial charge in [-0.05, 0) is 96.5 Å². The predicted molar refractivity (Wildman–Crippen MR) is 179 cm³/mol. The number of sulfonamides is 1. The Bertz CT molecular complexity index is 1530. The summed E-state index contributed by atoms with van der Waals surface area (Å²) in [4.78, 5) is 28.9. The van der Waals surface area contributed by atoms with Gasteiger partial charge in [-0.15, -0.1) is 0 Å². The number of benzene rings is 1. The van der Waals surface area contributed by atoms with Crippen LogP contribution in [-0.2, 0) is 14.8 Å². The largest absolute Gasteiger partial charge is 0.451 e. The van der Waals surface area contributed by atoms with E-state index >= 15 is 0 Å². The molecule has 6 rings (SSSR count). The molecular formula is C34H49FN6O6S. The number of aromatic nitrogens is 2. The van der Waals surface area contributed by atoms with Gasteiger partial charge in [0.25, 0.3) is 5.91 Å².